The molecule has 0 unspecified atom stereocenters. The molecule has 11 rings (SSSR count). The molecule has 0 aliphatic carbocycles. The smallest absolute Gasteiger partial charge is 0.0546 e. The number of para-hydroxylation sites is 1. The van der Waals surface area contributed by atoms with Crippen LogP contribution in [0, 0.1) is 0 Å². The van der Waals surface area contributed by atoms with Crippen LogP contribution < -0.4 is 4.90 Å². The third-order valence-electron chi connectivity index (χ3n) is 11.8. The molecule has 11 aromatic rings. The molecule has 0 atom stereocenters. The van der Waals surface area contributed by atoms with E-state index in [1.807, 2.05) is 0 Å². The van der Waals surface area contributed by atoms with Crippen LogP contribution in [-0.2, 0) is 0 Å². The molecule has 0 saturated heterocycles. The summed E-state index contributed by atoms with van der Waals surface area (Å²) >= 11 is 0. The second kappa shape index (κ2) is 14.6. The van der Waals surface area contributed by atoms with E-state index in [9.17, 15) is 0 Å². The second-order valence-corrected chi connectivity index (χ2v) is 15.3. The van der Waals surface area contributed by atoms with Crippen molar-refractivity contribution in [1.82, 2.24) is 0 Å². The number of fused-ring (bicyclic) bond motifs is 5. The molecule has 276 valence electrons. The zero-order valence-corrected chi connectivity index (χ0v) is 32.5. The quantitative estimate of drug-likeness (QED) is 0.147. The molecule has 0 spiro atoms. The number of nitrogens with zero attached hydrogens (tertiary/aromatic N) is 1. The molecule has 0 aromatic heterocycles. The summed E-state index contributed by atoms with van der Waals surface area (Å²) in [6.07, 6.45) is 0. The summed E-state index contributed by atoms with van der Waals surface area (Å²) in [5.41, 5.74) is 12.7. The van der Waals surface area contributed by atoms with Crippen LogP contribution in [0.1, 0.15) is 0 Å². The van der Waals surface area contributed by atoms with Gasteiger partial charge in [0.1, 0.15) is 0 Å². The minimum absolute atomic E-state index is 1.08. The van der Waals surface area contributed by atoms with Gasteiger partial charge in [0.15, 0.2) is 0 Å². The van der Waals surface area contributed by atoms with Crippen LogP contribution >= 0.6 is 0 Å². The monoisotopic (exact) mass is 749 g/mol. The Balaban J connectivity index is 1.15. The normalized spacial score (nSPS) is 11.4. The Hall–Kier alpha value is -7.74. The lowest BCUT2D eigenvalue weighted by Crippen LogP contribution is -2.12. The van der Waals surface area contributed by atoms with Crippen LogP contribution in [0.4, 0.5) is 17.1 Å². The van der Waals surface area contributed by atoms with Gasteiger partial charge in [0.2, 0.25) is 0 Å². The first-order chi connectivity index (χ1) is 29.2. The van der Waals surface area contributed by atoms with E-state index in [4.69, 9.17) is 0 Å². The lowest BCUT2D eigenvalue weighted by Gasteiger charge is -2.30. The number of hydrogen-bond acceptors (Lipinski definition) is 1. The molecule has 59 heavy (non-hydrogen) atoms. The van der Waals surface area contributed by atoms with Gasteiger partial charge >= 0.3 is 0 Å². The van der Waals surface area contributed by atoms with Gasteiger partial charge < -0.3 is 4.90 Å². The predicted octanol–water partition coefficient (Wildman–Crippen LogP) is 16.4. The number of hydrogen-bond donors (Lipinski definition) is 0. The van der Waals surface area contributed by atoms with E-state index in [1.165, 1.54) is 76.5 Å². The zero-order valence-electron chi connectivity index (χ0n) is 32.5. The van der Waals surface area contributed by atoms with E-state index < -0.39 is 0 Å². The van der Waals surface area contributed by atoms with Gasteiger partial charge in [-0.2, -0.15) is 0 Å². The number of rotatable bonds is 7. The SMILES string of the molecule is c1ccc(-c2ccccc2N(c2ccc(-c3cc4ccccc4c4ccccc34)cc2)c2cc(-c3ccc4ccccc4c3)ccc2-c2ccc3ccccc3c2)cc1. The van der Waals surface area contributed by atoms with Crippen molar-refractivity contribution in [2.75, 3.05) is 4.90 Å². The minimum Gasteiger partial charge on any atom is -0.309 e. The number of anilines is 3. The first-order valence-electron chi connectivity index (χ1n) is 20.3. The first-order valence-corrected chi connectivity index (χ1v) is 20.3. The zero-order chi connectivity index (χ0) is 39.1. The average Bonchev–Trinajstić information content (AvgIpc) is 3.32. The third kappa shape index (κ3) is 6.30. The van der Waals surface area contributed by atoms with Crippen molar-refractivity contribution in [2.45, 2.75) is 0 Å². The van der Waals surface area contributed by atoms with Crippen LogP contribution in [0.25, 0.3) is 87.6 Å². The highest BCUT2D eigenvalue weighted by atomic mass is 15.1. The van der Waals surface area contributed by atoms with E-state index in [1.54, 1.807) is 0 Å². The van der Waals surface area contributed by atoms with Gasteiger partial charge in [-0.25, -0.2) is 0 Å². The topological polar surface area (TPSA) is 3.24 Å². The van der Waals surface area contributed by atoms with Crippen molar-refractivity contribution in [1.29, 1.82) is 0 Å². The first kappa shape index (κ1) is 34.5. The molecule has 0 saturated carbocycles. The molecule has 0 bridgehead atoms. The van der Waals surface area contributed by atoms with Gasteiger partial charge in [-0.1, -0.05) is 194 Å². The van der Waals surface area contributed by atoms with E-state index in [0.29, 0.717) is 0 Å². The maximum absolute atomic E-state index is 2.47. The fourth-order valence-corrected chi connectivity index (χ4v) is 8.89. The van der Waals surface area contributed by atoms with Gasteiger partial charge in [0, 0.05) is 16.8 Å². The van der Waals surface area contributed by atoms with Crippen molar-refractivity contribution in [2.24, 2.45) is 0 Å². The molecule has 0 amide bonds. The van der Waals surface area contributed by atoms with Crippen LogP contribution in [-0.4, -0.2) is 0 Å². The Kier molecular flexibility index (Phi) is 8.56. The lowest BCUT2D eigenvalue weighted by atomic mass is 9.92. The molecule has 0 aliphatic heterocycles. The molecule has 11 aromatic carbocycles. The molecule has 0 fully saturated rings. The van der Waals surface area contributed by atoms with Crippen LogP contribution in [0.3, 0.4) is 0 Å². The van der Waals surface area contributed by atoms with E-state index in [0.717, 1.165) is 28.2 Å². The Morgan fingerprint density at radius 1 is 0.220 bits per heavy atom. The molecule has 0 heterocycles. The molecule has 0 aliphatic rings. The molecule has 1 heteroatoms. The van der Waals surface area contributed by atoms with Gasteiger partial charge in [-0.05, 0) is 119 Å². The van der Waals surface area contributed by atoms with Crippen molar-refractivity contribution in [3.05, 3.63) is 237 Å². The summed E-state index contributed by atoms with van der Waals surface area (Å²) in [7, 11) is 0. The largest absolute Gasteiger partial charge is 0.309 e. The fraction of sp³-hybridized carbons (Fsp3) is 0. The summed E-state index contributed by atoms with van der Waals surface area (Å²) in [6, 6.07) is 86.5. The van der Waals surface area contributed by atoms with Crippen LogP contribution in [0.15, 0.2) is 237 Å². The van der Waals surface area contributed by atoms with E-state index in [2.05, 4.69) is 241 Å². The molecule has 0 radical (unpaired) electrons. The lowest BCUT2D eigenvalue weighted by molar-refractivity contribution is 1.28. The highest BCUT2D eigenvalue weighted by Gasteiger charge is 2.22. The maximum atomic E-state index is 2.47. The molecule has 1 nitrogen and oxygen atoms in total. The molecule has 0 N–H and O–H groups in total. The Morgan fingerprint density at radius 3 is 1.46 bits per heavy atom. The predicted molar refractivity (Wildman–Crippen MR) is 253 cm³/mol. The van der Waals surface area contributed by atoms with E-state index in [-0.39, 0.29) is 0 Å². The van der Waals surface area contributed by atoms with Crippen molar-refractivity contribution in [3.63, 3.8) is 0 Å². The Bertz CT molecular complexity index is 3320. The maximum Gasteiger partial charge on any atom is 0.0546 e. The van der Waals surface area contributed by atoms with Gasteiger partial charge in [-0.3, -0.25) is 0 Å². The van der Waals surface area contributed by atoms with Crippen molar-refractivity contribution in [3.8, 4) is 44.5 Å². The summed E-state index contributed by atoms with van der Waals surface area (Å²) in [6.45, 7) is 0. The highest BCUT2D eigenvalue weighted by molar-refractivity contribution is 6.14. The van der Waals surface area contributed by atoms with Crippen molar-refractivity contribution >= 4 is 60.2 Å². The molecular weight excluding hydrogens is 711 g/mol. The fourth-order valence-electron chi connectivity index (χ4n) is 8.89. The van der Waals surface area contributed by atoms with Gasteiger partial charge in [0.05, 0.1) is 11.4 Å². The molecular formula is C58H39N. The minimum atomic E-state index is 1.08. The summed E-state index contributed by atoms with van der Waals surface area (Å²) < 4.78 is 0. The van der Waals surface area contributed by atoms with Crippen LogP contribution in [0.5, 0.6) is 0 Å². The Morgan fingerprint density at radius 2 is 0.712 bits per heavy atom. The highest BCUT2D eigenvalue weighted by Crippen LogP contribution is 2.47. The summed E-state index contributed by atoms with van der Waals surface area (Å²) in [5.74, 6) is 0. The Labute approximate surface area is 344 Å². The average molecular weight is 750 g/mol. The number of benzene rings is 11. The van der Waals surface area contributed by atoms with Gasteiger partial charge in [-0.15, -0.1) is 0 Å². The summed E-state index contributed by atoms with van der Waals surface area (Å²) in [5, 5.41) is 9.97. The standard InChI is InChI=1S/C58H39N/c1-2-16-42(17-3-1)52-22-12-13-25-57(52)59(50-33-30-43(31-34-50)56-38-48-20-8-9-21-51(48)54-23-10-11-24-55(54)56)58-39-47(46-28-26-40-14-4-6-18-44(40)36-46)32-35-53(58)49-29-27-41-15-5-7-19-45(41)37-49/h1-39H. The third-order valence-corrected chi connectivity index (χ3v) is 11.8. The van der Waals surface area contributed by atoms with E-state index >= 15 is 0 Å². The second-order valence-electron chi connectivity index (χ2n) is 15.3. The van der Waals surface area contributed by atoms with Crippen molar-refractivity contribution < 1.29 is 0 Å². The van der Waals surface area contributed by atoms with Gasteiger partial charge in [0.25, 0.3) is 0 Å². The summed E-state index contributed by atoms with van der Waals surface area (Å²) in [4.78, 5) is 2.47. The van der Waals surface area contributed by atoms with Crippen LogP contribution in [0.2, 0.25) is 0 Å².